The molecule has 1 aliphatic heterocycles. The van der Waals surface area contributed by atoms with Crippen molar-refractivity contribution in [3.8, 4) is 0 Å². The van der Waals surface area contributed by atoms with Crippen LogP contribution in [0.4, 0.5) is 13.2 Å². The summed E-state index contributed by atoms with van der Waals surface area (Å²) in [5, 5.41) is 1.12. The van der Waals surface area contributed by atoms with Crippen LogP contribution in [0.15, 0.2) is 72.8 Å². The predicted molar refractivity (Wildman–Crippen MR) is 118 cm³/mol. The summed E-state index contributed by atoms with van der Waals surface area (Å²) in [4.78, 5) is 18.7. The number of fused-ring (bicyclic) bond motifs is 3. The maximum atomic E-state index is 13.5. The number of para-hydroxylation sites is 1. The summed E-state index contributed by atoms with van der Waals surface area (Å²) >= 11 is 0. The van der Waals surface area contributed by atoms with Crippen LogP contribution in [0.1, 0.15) is 44.3 Å². The Kier molecular flexibility index (Phi) is 4.81. The molecular formula is C26H21F3N2O. The van der Waals surface area contributed by atoms with Crippen molar-refractivity contribution in [1.29, 1.82) is 0 Å². The summed E-state index contributed by atoms with van der Waals surface area (Å²) in [6.45, 7) is 2.41. The van der Waals surface area contributed by atoms with Gasteiger partial charge in [-0.1, -0.05) is 54.1 Å². The molecule has 32 heavy (non-hydrogen) atoms. The number of hydrogen-bond donors (Lipinski definition) is 1. The van der Waals surface area contributed by atoms with E-state index in [0.29, 0.717) is 13.0 Å². The lowest BCUT2D eigenvalue weighted by Gasteiger charge is -2.36. The molecule has 0 aliphatic carbocycles. The van der Waals surface area contributed by atoms with Crippen molar-refractivity contribution in [2.45, 2.75) is 25.6 Å². The monoisotopic (exact) mass is 434 g/mol. The number of benzene rings is 3. The predicted octanol–water partition coefficient (Wildman–Crippen LogP) is 6.28. The van der Waals surface area contributed by atoms with Crippen molar-refractivity contribution in [3.63, 3.8) is 0 Å². The Bertz CT molecular complexity index is 1300. The van der Waals surface area contributed by atoms with E-state index in [2.05, 4.69) is 11.1 Å². The summed E-state index contributed by atoms with van der Waals surface area (Å²) in [7, 11) is 0. The average molecular weight is 434 g/mol. The van der Waals surface area contributed by atoms with E-state index in [1.54, 1.807) is 4.90 Å². The maximum Gasteiger partial charge on any atom is 0.416 e. The van der Waals surface area contributed by atoms with Crippen molar-refractivity contribution in [3.05, 3.63) is 106 Å². The van der Waals surface area contributed by atoms with Crippen LogP contribution in [0.5, 0.6) is 0 Å². The molecule has 1 aliphatic rings. The second kappa shape index (κ2) is 7.55. The standard InChI is InChI=1S/C26H21F3N2O/c1-16-9-11-17(12-10-16)24-23-21(20-7-2-3-8-22(20)30-23)13-14-31(24)25(32)18-5-4-6-19(15-18)26(27,28)29/h2-12,15,24,30H,13-14H2,1H3. The van der Waals surface area contributed by atoms with Gasteiger partial charge in [0.15, 0.2) is 0 Å². The fourth-order valence-corrected chi connectivity index (χ4v) is 4.55. The number of carbonyl (C=O) groups excluding carboxylic acids is 1. The number of carbonyl (C=O) groups is 1. The van der Waals surface area contributed by atoms with E-state index in [1.807, 2.05) is 49.4 Å². The SMILES string of the molecule is Cc1ccc(C2c3[nH]c4ccccc4c3CCN2C(=O)c2cccc(C(F)(F)F)c2)cc1. The third-order valence-electron chi connectivity index (χ3n) is 6.13. The number of alkyl halides is 3. The molecule has 6 heteroatoms. The molecule has 0 saturated heterocycles. The lowest BCUT2D eigenvalue weighted by atomic mass is 9.91. The van der Waals surface area contributed by atoms with Crippen molar-refractivity contribution in [2.24, 2.45) is 0 Å². The molecule has 0 radical (unpaired) electrons. The van der Waals surface area contributed by atoms with Crippen LogP contribution in [0, 0.1) is 6.92 Å². The van der Waals surface area contributed by atoms with E-state index in [-0.39, 0.29) is 5.56 Å². The zero-order chi connectivity index (χ0) is 22.5. The quantitative estimate of drug-likeness (QED) is 0.396. The first-order chi connectivity index (χ1) is 15.3. The molecule has 0 spiro atoms. The molecule has 5 rings (SSSR count). The van der Waals surface area contributed by atoms with Gasteiger partial charge in [-0.25, -0.2) is 0 Å². The van der Waals surface area contributed by atoms with Gasteiger partial charge in [0.2, 0.25) is 0 Å². The number of nitrogens with one attached hydrogen (secondary N) is 1. The average Bonchev–Trinajstić information content (AvgIpc) is 3.17. The number of rotatable bonds is 2. The Morgan fingerprint density at radius 2 is 1.75 bits per heavy atom. The molecule has 0 fully saturated rings. The van der Waals surface area contributed by atoms with Crippen molar-refractivity contribution in [2.75, 3.05) is 6.54 Å². The van der Waals surface area contributed by atoms with Crippen LogP contribution in [0.25, 0.3) is 10.9 Å². The van der Waals surface area contributed by atoms with Gasteiger partial charge in [0.05, 0.1) is 11.6 Å². The molecule has 0 bridgehead atoms. The third kappa shape index (κ3) is 3.45. The van der Waals surface area contributed by atoms with Crippen molar-refractivity contribution in [1.82, 2.24) is 9.88 Å². The summed E-state index contributed by atoms with van der Waals surface area (Å²) in [5.41, 5.74) is 4.29. The second-order valence-electron chi connectivity index (χ2n) is 8.20. The lowest BCUT2D eigenvalue weighted by Crippen LogP contribution is -2.40. The molecule has 1 N–H and O–H groups in total. The summed E-state index contributed by atoms with van der Waals surface area (Å²) < 4.78 is 39.7. The van der Waals surface area contributed by atoms with Gasteiger partial charge in [0.25, 0.3) is 5.91 Å². The van der Waals surface area contributed by atoms with E-state index in [9.17, 15) is 18.0 Å². The fraction of sp³-hybridized carbons (Fsp3) is 0.192. The molecule has 1 aromatic heterocycles. The van der Waals surface area contributed by atoms with Gasteiger partial charge in [0.1, 0.15) is 0 Å². The Labute approximate surface area is 183 Å². The minimum Gasteiger partial charge on any atom is -0.356 e. The minimum atomic E-state index is -4.50. The third-order valence-corrected chi connectivity index (χ3v) is 6.13. The Hall–Kier alpha value is -3.54. The van der Waals surface area contributed by atoms with E-state index >= 15 is 0 Å². The van der Waals surface area contributed by atoms with Crippen LogP contribution >= 0.6 is 0 Å². The van der Waals surface area contributed by atoms with E-state index in [1.165, 1.54) is 12.1 Å². The molecule has 4 aromatic rings. The number of aryl methyl sites for hydroxylation is 1. The number of amides is 1. The zero-order valence-corrected chi connectivity index (χ0v) is 17.4. The molecule has 1 unspecified atom stereocenters. The molecule has 3 aromatic carbocycles. The highest BCUT2D eigenvalue weighted by Gasteiger charge is 2.36. The molecule has 1 atom stereocenters. The summed E-state index contributed by atoms with van der Waals surface area (Å²) in [5.74, 6) is -0.411. The van der Waals surface area contributed by atoms with Crippen LogP contribution in [-0.2, 0) is 12.6 Å². The Balaban J connectivity index is 1.63. The fourth-order valence-electron chi connectivity index (χ4n) is 4.55. The first-order valence-corrected chi connectivity index (χ1v) is 10.5. The first kappa shape index (κ1) is 20.4. The minimum absolute atomic E-state index is 0.0384. The van der Waals surface area contributed by atoms with Crippen molar-refractivity contribution < 1.29 is 18.0 Å². The lowest BCUT2D eigenvalue weighted by molar-refractivity contribution is -0.137. The molecular weight excluding hydrogens is 413 g/mol. The first-order valence-electron chi connectivity index (χ1n) is 10.5. The molecule has 1 amide bonds. The summed E-state index contributed by atoms with van der Waals surface area (Å²) in [6, 6.07) is 20.2. The molecule has 0 saturated carbocycles. The number of H-pyrrole nitrogens is 1. The number of aromatic nitrogens is 1. The maximum absolute atomic E-state index is 13.5. The zero-order valence-electron chi connectivity index (χ0n) is 17.4. The molecule has 2 heterocycles. The van der Waals surface area contributed by atoms with Crippen LogP contribution in [-0.4, -0.2) is 22.3 Å². The summed E-state index contributed by atoms with van der Waals surface area (Å²) in [6.07, 6.45) is -3.87. The normalized spacial score (nSPS) is 16.2. The van der Waals surface area contributed by atoms with Crippen LogP contribution < -0.4 is 0 Å². The van der Waals surface area contributed by atoms with E-state index in [4.69, 9.17) is 0 Å². The van der Waals surface area contributed by atoms with Gasteiger partial charge in [-0.05, 0) is 48.7 Å². The topological polar surface area (TPSA) is 36.1 Å². The van der Waals surface area contributed by atoms with Crippen LogP contribution in [0.3, 0.4) is 0 Å². The van der Waals surface area contributed by atoms with Crippen molar-refractivity contribution >= 4 is 16.8 Å². The van der Waals surface area contributed by atoms with E-state index in [0.717, 1.165) is 45.4 Å². The van der Waals surface area contributed by atoms with Gasteiger partial charge in [-0.2, -0.15) is 13.2 Å². The highest BCUT2D eigenvalue weighted by Crippen LogP contribution is 2.39. The number of nitrogens with zero attached hydrogens (tertiary/aromatic N) is 1. The van der Waals surface area contributed by atoms with Gasteiger partial charge < -0.3 is 9.88 Å². The van der Waals surface area contributed by atoms with E-state index < -0.39 is 23.7 Å². The Morgan fingerprint density at radius 1 is 1.00 bits per heavy atom. The molecule has 3 nitrogen and oxygen atoms in total. The number of hydrogen-bond acceptors (Lipinski definition) is 1. The Morgan fingerprint density at radius 3 is 2.50 bits per heavy atom. The number of aromatic amines is 1. The largest absolute Gasteiger partial charge is 0.416 e. The number of halogens is 3. The highest BCUT2D eigenvalue weighted by atomic mass is 19.4. The van der Waals surface area contributed by atoms with Gasteiger partial charge in [0, 0.05) is 28.7 Å². The molecule has 162 valence electrons. The van der Waals surface area contributed by atoms with Gasteiger partial charge in [-0.3, -0.25) is 4.79 Å². The smallest absolute Gasteiger partial charge is 0.356 e. The van der Waals surface area contributed by atoms with Gasteiger partial charge in [-0.15, -0.1) is 0 Å². The van der Waals surface area contributed by atoms with Crippen LogP contribution in [0.2, 0.25) is 0 Å². The van der Waals surface area contributed by atoms with Gasteiger partial charge >= 0.3 is 6.18 Å². The highest BCUT2D eigenvalue weighted by molar-refractivity contribution is 5.96. The second-order valence-corrected chi connectivity index (χ2v) is 8.20.